The Labute approximate surface area is 125 Å². The third-order valence-corrected chi connectivity index (χ3v) is 6.24. The minimum atomic E-state index is -0.680. The van der Waals surface area contributed by atoms with Gasteiger partial charge in [0, 0.05) is 17.5 Å². The van der Waals surface area contributed by atoms with Crippen LogP contribution in [-0.2, 0) is 4.79 Å². The second-order valence-electron chi connectivity index (χ2n) is 7.06. The van der Waals surface area contributed by atoms with Crippen molar-refractivity contribution < 1.29 is 9.90 Å². The molecule has 0 unspecified atom stereocenters. The number of hydrogen-bond donors (Lipinski definition) is 2. The molecule has 21 heavy (non-hydrogen) atoms. The molecule has 0 saturated heterocycles. The molecule has 1 aromatic carbocycles. The van der Waals surface area contributed by atoms with E-state index >= 15 is 0 Å². The maximum absolute atomic E-state index is 11.9. The highest BCUT2D eigenvalue weighted by Gasteiger charge is 2.71. The molecule has 2 bridgehead atoms. The summed E-state index contributed by atoms with van der Waals surface area (Å²) >= 11 is 0. The number of nitrogens with one attached hydrogen (secondary N) is 1. The van der Waals surface area contributed by atoms with E-state index in [4.69, 9.17) is 0 Å². The zero-order valence-corrected chi connectivity index (χ0v) is 12.8. The number of carboxylic acids is 1. The van der Waals surface area contributed by atoms with Crippen molar-refractivity contribution in [2.24, 2.45) is 21.3 Å². The highest BCUT2D eigenvalue weighted by Crippen LogP contribution is 2.70. The van der Waals surface area contributed by atoms with Crippen LogP contribution in [0.4, 0.5) is 5.69 Å². The molecule has 2 aliphatic carbocycles. The second-order valence-corrected chi connectivity index (χ2v) is 7.06. The molecule has 0 aliphatic heterocycles. The molecule has 0 amide bonds. The van der Waals surface area contributed by atoms with Crippen LogP contribution in [0.15, 0.2) is 35.4 Å². The van der Waals surface area contributed by atoms with Crippen molar-refractivity contribution in [3.8, 4) is 0 Å². The highest BCUT2D eigenvalue weighted by atomic mass is 16.4. The molecule has 1 aromatic rings. The van der Waals surface area contributed by atoms with Crippen LogP contribution in [0.1, 0.15) is 40.0 Å². The Morgan fingerprint density at radius 3 is 2.43 bits per heavy atom. The van der Waals surface area contributed by atoms with Gasteiger partial charge in [0.1, 0.15) is 0 Å². The van der Waals surface area contributed by atoms with Gasteiger partial charge < -0.3 is 5.11 Å². The summed E-state index contributed by atoms with van der Waals surface area (Å²) in [6, 6.07) is 9.77. The zero-order chi connectivity index (χ0) is 15.3. The first-order valence-corrected chi connectivity index (χ1v) is 7.45. The van der Waals surface area contributed by atoms with Gasteiger partial charge in [-0.05, 0) is 30.4 Å². The van der Waals surface area contributed by atoms with Crippen LogP contribution in [0.5, 0.6) is 0 Å². The Morgan fingerprint density at radius 2 is 1.86 bits per heavy atom. The number of rotatable bonds is 3. The lowest BCUT2D eigenvalue weighted by Gasteiger charge is -2.37. The number of fused-ring (bicyclic) bond motifs is 2. The van der Waals surface area contributed by atoms with E-state index < -0.39 is 11.4 Å². The van der Waals surface area contributed by atoms with Crippen molar-refractivity contribution in [3.05, 3.63) is 30.3 Å². The third-order valence-electron chi connectivity index (χ3n) is 6.24. The number of hydrazone groups is 1. The van der Waals surface area contributed by atoms with Crippen molar-refractivity contribution >= 4 is 17.4 Å². The summed E-state index contributed by atoms with van der Waals surface area (Å²) in [6.07, 6.45) is 2.18. The fraction of sp³-hybridized carbons (Fsp3) is 0.529. The molecule has 4 nitrogen and oxygen atoms in total. The van der Waals surface area contributed by atoms with Gasteiger partial charge >= 0.3 is 5.97 Å². The molecule has 3 rings (SSSR count). The first-order valence-electron chi connectivity index (χ1n) is 7.45. The average molecular weight is 286 g/mol. The SMILES string of the molecule is CC1(C)[C@@]2(C(=O)O)CC[C@@]1(C)/C(=N\Nc1ccccc1)C2. The highest BCUT2D eigenvalue weighted by molar-refractivity contribution is 6.01. The first-order chi connectivity index (χ1) is 9.83. The fourth-order valence-corrected chi connectivity index (χ4v) is 4.17. The van der Waals surface area contributed by atoms with E-state index in [-0.39, 0.29) is 10.8 Å². The molecular formula is C17H22N2O2. The molecule has 2 atom stereocenters. The summed E-state index contributed by atoms with van der Waals surface area (Å²) in [4.78, 5) is 11.9. The molecule has 2 fully saturated rings. The number of nitrogens with zero attached hydrogens (tertiary/aromatic N) is 1. The van der Waals surface area contributed by atoms with E-state index in [1.54, 1.807) is 0 Å². The molecule has 112 valence electrons. The van der Waals surface area contributed by atoms with Gasteiger partial charge in [-0.15, -0.1) is 0 Å². The zero-order valence-electron chi connectivity index (χ0n) is 12.8. The minimum Gasteiger partial charge on any atom is -0.481 e. The molecule has 2 saturated carbocycles. The summed E-state index contributed by atoms with van der Waals surface area (Å²) in [5, 5.41) is 14.3. The number of benzene rings is 1. The van der Waals surface area contributed by atoms with E-state index in [1.807, 2.05) is 30.3 Å². The summed E-state index contributed by atoms with van der Waals surface area (Å²) in [7, 11) is 0. The van der Waals surface area contributed by atoms with Crippen molar-refractivity contribution in [3.63, 3.8) is 0 Å². The Morgan fingerprint density at radius 1 is 1.19 bits per heavy atom. The van der Waals surface area contributed by atoms with Crippen LogP contribution in [0, 0.1) is 16.2 Å². The summed E-state index contributed by atoms with van der Waals surface area (Å²) in [5.41, 5.74) is 3.92. The van der Waals surface area contributed by atoms with Gasteiger partial charge in [-0.25, -0.2) is 0 Å². The van der Waals surface area contributed by atoms with Crippen LogP contribution in [0.3, 0.4) is 0 Å². The maximum Gasteiger partial charge on any atom is 0.310 e. The molecule has 0 spiro atoms. The summed E-state index contributed by atoms with van der Waals surface area (Å²) < 4.78 is 0. The number of aliphatic carboxylic acids is 1. The number of hydrogen-bond acceptors (Lipinski definition) is 3. The molecule has 2 N–H and O–H groups in total. The second kappa shape index (κ2) is 4.33. The van der Waals surface area contributed by atoms with Crippen LogP contribution < -0.4 is 5.43 Å². The van der Waals surface area contributed by atoms with E-state index in [0.717, 1.165) is 24.2 Å². The number of carbonyl (C=O) groups is 1. The Hall–Kier alpha value is -1.84. The molecule has 2 aliphatic rings. The molecule has 0 radical (unpaired) electrons. The Kier molecular flexibility index (Phi) is 2.91. The molecule has 0 heterocycles. The number of para-hydroxylation sites is 1. The summed E-state index contributed by atoms with van der Waals surface area (Å²) in [6.45, 7) is 6.33. The monoisotopic (exact) mass is 286 g/mol. The smallest absolute Gasteiger partial charge is 0.310 e. The van der Waals surface area contributed by atoms with Crippen LogP contribution in [0.2, 0.25) is 0 Å². The predicted octanol–water partition coefficient (Wildman–Crippen LogP) is 3.76. The van der Waals surface area contributed by atoms with Gasteiger partial charge in [0.2, 0.25) is 0 Å². The lowest BCUT2D eigenvalue weighted by molar-refractivity contribution is -0.154. The van der Waals surface area contributed by atoms with E-state index in [2.05, 4.69) is 31.3 Å². The first kappa shape index (κ1) is 14.1. The lowest BCUT2D eigenvalue weighted by Crippen LogP contribution is -2.40. The van der Waals surface area contributed by atoms with Gasteiger partial charge in [-0.1, -0.05) is 39.0 Å². The van der Waals surface area contributed by atoms with Gasteiger partial charge in [-0.3, -0.25) is 10.2 Å². The minimum absolute atomic E-state index is 0.146. The van der Waals surface area contributed by atoms with Gasteiger partial charge in [-0.2, -0.15) is 5.10 Å². The van der Waals surface area contributed by atoms with Crippen molar-refractivity contribution in [1.82, 2.24) is 0 Å². The number of anilines is 1. The normalized spacial score (nSPS) is 35.1. The van der Waals surface area contributed by atoms with Crippen molar-refractivity contribution in [2.75, 3.05) is 5.43 Å². The maximum atomic E-state index is 11.9. The van der Waals surface area contributed by atoms with Crippen molar-refractivity contribution in [2.45, 2.75) is 40.0 Å². The van der Waals surface area contributed by atoms with Gasteiger partial charge in [0.15, 0.2) is 0 Å². The summed E-state index contributed by atoms with van der Waals surface area (Å²) in [5.74, 6) is -0.680. The predicted molar refractivity (Wildman–Crippen MR) is 83.3 cm³/mol. The molecular weight excluding hydrogens is 264 g/mol. The fourth-order valence-electron chi connectivity index (χ4n) is 4.17. The van der Waals surface area contributed by atoms with E-state index in [0.29, 0.717) is 6.42 Å². The molecule has 4 heteroatoms. The topological polar surface area (TPSA) is 61.7 Å². The Bertz CT molecular complexity index is 608. The Balaban J connectivity index is 1.94. The van der Waals surface area contributed by atoms with E-state index in [1.165, 1.54) is 0 Å². The lowest BCUT2D eigenvalue weighted by atomic mass is 9.65. The standard InChI is InChI=1S/C17H22N2O2/c1-15(2)16(3)9-10-17(15,14(20)21)11-13(16)19-18-12-7-5-4-6-8-12/h4-8,18H,9-11H2,1-3H3,(H,20,21)/b19-13-/t16-,17-/m0/s1. The van der Waals surface area contributed by atoms with Gasteiger partial charge in [0.25, 0.3) is 0 Å². The van der Waals surface area contributed by atoms with Crippen LogP contribution in [-0.4, -0.2) is 16.8 Å². The van der Waals surface area contributed by atoms with Gasteiger partial charge in [0.05, 0.1) is 11.1 Å². The van der Waals surface area contributed by atoms with Crippen LogP contribution in [0.25, 0.3) is 0 Å². The quantitative estimate of drug-likeness (QED) is 0.832. The van der Waals surface area contributed by atoms with E-state index in [9.17, 15) is 9.90 Å². The number of carboxylic acid groups (broad SMARTS) is 1. The van der Waals surface area contributed by atoms with Crippen molar-refractivity contribution in [1.29, 1.82) is 0 Å². The van der Waals surface area contributed by atoms with Crippen LogP contribution >= 0.6 is 0 Å². The molecule has 0 aromatic heterocycles. The third kappa shape index (κ3) is 1.68. The largest absolute Gasteiger partial charge is 0.481 e. The average Bonchev–Trinajstić information content (AvgIpc) is 2.76.